The zero-order chi connectivity index (χ0) is 21.0. The van der Waals surface area contributed by atoms with Gasteiger partial charge in [-0.2, -0.15) is 13.2 Å². The highest BCUT2D eigenvalue weighted by Crippen LogP contribution is 2.49. The molecular weight excluding hydrogens is 430 g/mol. The summed E-state index contributed by atoms with van der Waals surface area (Å²) in [7, 11) is 0. The topological polar surface area (TPSA) is 69.1 Å². The van der Waals surface area contributed by atoms with Crippen molar-refractivity contribution in [3.05, 3.63) is 75.5 Å². The monoisotopic (exact) mass is 441 g/mol. The van der Waals surface area contributed by atoms with Gasteiger partial charge in [0.05, 0.1) is 23.2 Å². The van der Waals surface area contributed by atoms with Crippen LogP contribution in [0.3, 0.4) is 0 Å². The van der Waals surface area contributed by atoms with Crippen molar-refractivity contribution in [1.29, 1.82) is 0 Å². The first kappa shape index (κ1) is 19.6. The molecule has 0 aliphatic carbocycles. The number of aromatic nitrogens is 1. The van der Waals surface area contributed by atoms with E-state index in [1.54, 1.807) is 22.7 Å². The fourth-order valence-electron chi connectivity index (χ4n) is 3.41. The van der Waals surface area contributed by atoms with E-state index in [4.69, 9.17) is 33.8 Å². The number of rotatable bonds is 3. The summed E-state index contributed by atoms with van der Waals surface area (Å²) in [6.07, 6.45) is -3.80. The largest absolute Gasteiger partial charge is 0.435 e. The van der Waals surface area contributed by atoms with E-state index >= 15 is 0 Å². The Morgan fingerprint density at radius 1 is 1.17 bits per heavy atom. The summed E-state index contributed by atoms with van der Waals surface area (Å²) >= 11 is 11.8. The van der Waals surface area contributed by atoms with Crippen LogP contribution < -0.4 is 5.73 Å². The quantitative estimate of drug-likeness (QED) is 0.625. The lowest BCUT2D eigenvalue weighted by Gasteiger charge is -2.29. The number of hydrogen-bond acceptors (Lipinski definition) is 3. The third-order valence-corrected chi connectivity index (χ3v) is 5.20. The lowest BCUT2D eigenvalue weighted by Crippen LogP contribution is -2.42. The van der Waals surface area contributed by atoms with Crippen LogP contribution in [0.1, 0.15) is 28.0 Å². The van der Waals surface area contributed by atoms with Gasteiger partial charge in [0.1, 0.15) is 5.71 Å². The number of hydrogen-bond donors (Lipinski definition) is 1. The van der Waals surface area contributed by atoms with Crippen molar-refractivity contribution >= 4 is 40.3 Å². The second-order valence-corrected chi connectivity index (χ2v) is 7.42. The molecule has 0 saturated carbocycles. The summed E-state index contributed by atoms with van der Waals surface area (Å²) in [5.41, 5.74) is 3.46. The maximum atomic E-state index is 14.1. The number of alkyl halides is 3. The predicted octanol–water partition coefficient (Wildman–Crippen LogP) is 4.93. The summed E-state index contributed by atoms with van der Waals surface area (Å²) in [6.45, 7) is 0. The number of oxime groups is 1. The van der Waals surface area contributed by atoms with Gasteiger partial charge in [-0.1, -0.05) is 28.4 Å². The smallest absolute Gasteiger partial charge is 0.374 e. The number of nitrogens with two attached hydrogens (primary N) is 1. The molecule has 1 aromatic carbocycles. The second-order valence-electron chi connectivity index (χ2n) is 6.55. The summed E-state index contributed by atoms with van der Waals surface area (Å²) in [5.74, 6) is -0.650. The van der Waals surface area contributed by atoms with Crippen LogP contribution in [0.2, 0.25) is 10.0 Å². The average Bonchev–Trinajstić information content (AvgIpc) is 3.27. The Kier molecular flexibility index (Phi) is 4.51. The normalized spacial score (nSPS) is 19.3. The van der Waals surface area contributed by atoms with Crippen molar-refractivity contribution in [2.45, 2.75) is 18.2 Å². The van der Waals surface area contributed by atoms with Gasteiger partial charge in [0, 0.05) is 21.8 Å². The molecule has 0 radical (unpaired) electrons. The molecule has 1 amide bonds. The van der Waals surface area contributed by atoms with Crippen LogP contribution >= 0.6 is 23.2 Å². The standard InChI is InChI=1S/C19H12Cl2F3N3O2/c20-11-6-10(7-12(21)8-11)18(19(22,23)24)9-14(26-29-18)16-4-3-13(17(25)28)15-2-1-5-27(15)16/h1-8H,9H2,(H2,25,28). The van der Waals surface area contributed by atoms with E-state index in [0.717, 1.165) is 12.1 Å². The van der Waals surface area contributed by atoms with Gasteiger partial charge in [0.2, 0.25) is 0 Å². The molecule has 3 aromatic rings. The fourth-order valence-corrected chi connectivity index (χ4v) is 3.94. The van der Waals surface area contributed by atoms with Crippen molar-refractivity contribution < 1.29 is 22.8 Å². The van der Waals surface area contributed by atoms with E-state index < -0.39 is 24.1 Å². The molecule has 1 aliphatic heterocycles. The molecule has 0 spiro atoms. The van der Waals surface area contributed by atoms with E-state index in [2.05, 4.69) is 5.16 Å². The van der Waals surface area contributed by atoms with E-state index in [0.29, 0.717) is 11.2 Å². The molecule has 2 N–H and O–H groups in total. The molecule has 0 bridgehead atoms. The number of primary amides is 1. The molecule has 0 fully saturated rings. The van der Waals surface area contributed by atoms with E-state index in [9.17, 15) is 18.0 Å². The molecule has 1 aliphatic rings. The van der Waals surface area contributed by atoms with Crippen LogP contribution in [0, 0.1) is 0 Å². The Morgan fingerprint density at radius 2 is 1.86 bits per heavy atom. The van der Waals surface area contributed by atoms with Crippen LogP contribution in [-0.2, 0) is 10.4 Å². The van der Waals surface area contributed by atoms with Crippen molar-refractivity contribution in [2.24, 2.45) is 10.9 Å². The number of nitrogens with zero attached hydrogens (tertiary/aromatic N) is 2. The maximum Gasteiger partial charge on any atom is 0.435 e. The number of benzene rings is 1. The van der Waals surface area contributed by atoms with Gasteiger partial charge in [0.25, 0.3) is 11.5 Å². The highest BCUT2D eigenvalue weighted by atomic mass is 35.5. The summed E-state index contributed by atoms with van der Waals surface area (Å²) in [6, 6.07) is 9.84. The Hall–Kier alpha value is -2.71. The number of fused-ring (bicyclic) bond motifs is 1. The van der Waals surface area contributed by atoms with Crippen LogP contribution in [0.15, 0.2) is 53.8 Å². The first-order chi connectivity index (χ1) is 13.6. The minimum absolute atomic E-state index is 0.0480. The van der Waals surface area contributed by atoms with Crippen molar-refractivity contribution in [3.63, 3.8) is 0 Å². The zero-order valence-corrected chi connectivity index (χ0v) is 16.0. The Bertz CT molecular complexity index is 1150. The Labute approximate surface area is 172 Å². The minimum Gasteiger partial charge on any atom is -0.374 e. The van der Waals surface area contributed by atoms with Gasteiger partial charge in [0.15, 0.2) is 0 Å². The molecule has 1 unspecified atom stereocenters. The molecule has 29 heavy (non-hydrogen) atoms. The predicted molar refractivity (Wildman–Crippen MR) is 102 cm³/mol. The van der Waals surface area contributed by atoms with Gasteiger partial charge < -0.3 is 15.0 Å². The molecule has 3 heterocycles. The van der Waals surface area contributed by atoms with Gasteiger partial charge in [-0.15, -0.1) is 0 Å². The summed E-state index contributed by atoms with van der Waals surface area (Å²) in [5, 5.41) is 3.84. The zero-order valence-electron chi connectivity index (χ0n) is 14.5. The number of amides is 1. The van der Waals surface area contributed by atoms with Crippen LogP contribution in [0.5, 0.6) is 0 Å². The van der Waals surface area contributed by atoms with Crippen molar-refractivity contribution in [3.8, 4) is 0 Å². The lowest BCUT2D eigenvalue weighted by atomic mass is 9.87. The first-order valence-corrected chi connectivity index (χ1v) is 9.06. The third kappa shape index (κ3) is 3.12. The molecule has 2 aromatic heterocycles. The molecular formula is C19H12Cl2F3N3O2. The molecule has 1 atom stereocenters. The minimum atomic E-state index is -4.80. The number of carbonyl (C=O) groups excluding carboxylic acids is 1. The molecule has 4 rings (SSSR count). The average molecular weight is 442 g/mol. The number of carbonyl (C=O) groups is 1. The molecule has 10 heteroatoms. The maximum absolute atomic E-state index is 14.1. The third-order valence-electron chi connectivity index (χ3n) is 4.77. The lowest BCUT2D eigenvalue weighted by molar-refractivity contribution is -0.275. The van der Waals surface area contributed by atoms with E-state index in [1.807, 2.05) is 0 Å². The highest BCUT2D eigenvalue weighted by Gasteiger charge is 2.62. The number of pyridine rings is 1. The van der Waals surface area contributed by atoms with Crippen LogP contribution in [0.25, 0.3) is 5.52 Å². The Balaban J connectivity index is 1.82. The van der Waals surface area contributed by atoms with Gasteiger partial charge in [-0.25, -0.2) is 0 Å². The molecule has 0 saturated heterocycles. The van der Waals surface area contributed by atoms with Gasteiger partial charge >= 0.3 is 6.18 Å². The van der Waals surface area contributed by atoms with Crippen molar-refractivity contribution in [1.82, 2.24) is 4.40 Å². The number of halogens is 5. The molecule has 150 valence electrons. The second kappa shape index (κ2) is 6.67. The van der Waals surface area contributed by atoms with E-state index in [-0.39, 0.29) is 26.9 Å². The van der Waals surface area contributed by atoms with Crippen molar-refractivity contribution in [2.75, 3.05) is 0 Å². The summed E-state index contributed by atoms with van der Waals surface area (Å²) < 4.78 is 43.9. The van der Waals surface area contributed by atoms with Gasteiger partial charge in [-0.3, -0.25) is 4.79 Å². The first-order valence-electron chi connectivity index (χ1n) is 8.31. The van der Waals surface area contributed by atoms with Crippen LogP contribution in [-0.4, -0.2) is 22.2 Å². The SMILES string of the molecule is NC(=O)c1ccc(C2=NOC(c3cc(Cl)cc(Cl)c3)(C(F)(F)F)C2)n2cccc12. The van der Waals surface area contributed by atoms with Gasteiger partial charge in [-0.05, 0) is 42.5 Å². The Morgan fingerprint density at radius 3 is 2.48 bits per heavy atom. The van der Waals surface area contributed by atoms with Crippen LogP contribution in [0.4, 0.5) is 13.2 Å². The molecule has 5 nitrogen and oxygen atoms in total. The highest BCUT2D eigenvalue weighted by molar-refractivity contribution is 6.34. The van der Waals surface area contributed by atoms with E-state index in [1.165, 1.54) is 18.2 Å². The summed E-state index contributed by atoms with van der Waals surface area (Å²) in [4.78, 5) is 16.6. The fraction of sp³-hybridized carbons (Fsp3) is 0.158.